The number of rotatable bonds is 4. The van der Waals surface area contributed by atoms with Gasteiger partial charge in [-0.15, -0.1) is 0 Å². The van der Waals surface area contributed by atoms with Gasteiger partial charge in [-0.25, -0.2) is 0 Å². The molecule has 2 fully saturated rings. The number of aromatic amines is 1. The third-order valence-electron chi connectivity index (χ3n) is 6.46. The summed E-state index contributed by atoms with van der Waals surface area (Å²) in [5.74, 6) is 0.277. The molecule has 6 heteroatoms. The van der Waals surface area contributed by atoms with Crippen molar-refractivity contribution in [2.75, 3.05) is 26.2 Å². The molecule has 5 rings (SSSR count). The summed E-state index contributed by atoms with van der Waals surface area (Å²) >= 11 is 0. The molecule has 1 aliphatic carbocycles. The molecule has 158 valence electrons. The predicted octanol–water partition coefficient (Wildman–Crippen LogP) is 3.82. The molecule has 1 saturated carbocycles. The monoisotopic (exact) mass is 414 g/mol. The van der Waals surface area contributed by atoms with Crippen LogP contribution in [0.5, 0.6) is 0 Å². The van der Waals surface area contributed by atoms with Crippen molar-refractivity contribution in [2.24, 2.45) is 5.41 Å². The van der Waals surface area contributed by atoms with Gasteiger partial charge in [-0.1, -0.05) is 43.3 Å². The van der Waals surface area contributed by atoms with Crippen molar-refractivity contribution in [3.8, 4) is 0 Å². The highest BCUT2D eigenvalue weighted by Crippen LogP contribution is 2.46. The molecule has 0 atom stereocenters. The summed E-state index contributed by atoms with van der Waals surface area (Å²) in [6.45, 7) is 4.47. The Labute approximate surface area is 181 Å². The molecule has 2 amide bonds. The Morgan fingerprint density at radius 3 is 2.32 bits per heavy atom. The molecule has 2 heterocycles. The minimum absolute atomic E-state index is 0.0264. The number of carbonyl (C=O) groups is 2. The van der Waals surface area contributed by atoms with E-state index in [9.17, 15) is 9.59 Å². The Bertz CT molecular complexity index is 1150. The van der Waals surface area contributed by atoms with E-state index in [4.69, 9.17) is 0 Å². The first kappa shape index (κ1) is 19.5. The summed E-state index contributed by atoms with van der Waals surface area (Å²) in [6.07, 6.45) is 5.95. The molecule has 31 heavy (non-hydrogen) atoms. The maximum absolute atomic E-state index is 12.9. The minimum Gasteiger partial charge on any atom is -0.339 e. The molecule has 0 bridgehead atoms. The molecule has 2 aliphatic rings. The lowest BCUT2D eigenvalue weighted by atomic mass is 10.1. The first-order chi connectivity index (χ1) is 15.0. The molecule has 3 aromatic rings. The third-order valence-corrected chi connectivity index (χ3v) is 6.46. The number of aromatic nitrogens is 2. The second-order valence-corrected chi connectivity index (χ2v) is 8.75. The zero-order valence-corrected chi connectivity index (χ0v) is 17.7. The largest absolute Gasteiger partial charge is 0.339 e. The van der Waals surface area contributed by atoms with Crippen LogP contribution in [0, 0.1) is 5.41 Å². The second-order valence-electron chi connectivity index (χ2n) is 8.75. The van der Waals surface area contributed by atoms with E-state index < -0.39 is 0 Å². The van der Waals surface area contributed by atoms with E-state index in [1.807, 2.05) is 77.4 Å². The smallest absolute Gasteiger partial charge is 0.253 e. The summed E-state index contributed by atoms with van der Waals surface area (Å²) in [5, 5.41) is 8.47. The molecule has 2 aromatic carbocycles. The van der Waals surface area contributed by atoms with Gasteiger partial charge in [-0.2, -0.15) is 5.10 Å². The molecule has 1 aliphatic heterocycles. The van der Waals surface area contributed by atoms with Crippen LogP contribution in [0.15, 0.2) is 48.5 Å². The molecule has 1 aromatic heterocycles. The SMILES string of the molecule is CC1(C(=O)N2CCN(C(=O)c3ccc(/C=C/c4n[nH]c5ccccc45)cc3)CC2)CC1. The number of hydrogen-bond acceptors (Lipinski definition) is 3. The zero-order valence-electron chi connectivity index (χ0n) is 17.7. The number of H-pyrrole nitrogens is 1. The lowest BCUT2D eigenvalue weighted by molar-refractivity contribution is -0.137. The standard InChI is InChI=1S/C25H26N4O2/c1-25(12-13-25)24(31)29-16-14-28(15-17-29)23(30)19-9-6-18(7-10-19)8-11-22-20-4-2-3-5-21(20)26-27-22/h2-11H,12-17H2,1H3,(H,26,27)/b11-8+. The van der Waals surface area contributed by atoms with Gasteiger partial charge in [0.15, 0.2) is 0 Å². The predicted molar refractivity (Wildman–Crippen MR) is 121 cm³/mol. The van der Waals surface area contributed by atoms with E-state index in [0.717, 1.165) is 35.0 Å². The van der Waals surface area contributed by atoms with E-state index in [1.54, 1.807) is 0 Å². The van der Waals surface area contributed by atoms with Gasteiger partial charge in [-0.3, -0.25) is 14.7 Å². The van der Waals surface area contributed by atoms with Gasteiger partial charge < -0.3 is 9.80 Å². The molecule has 1 saturated heterocycles. The van der Waals surface area contributed by atoms with Gasteiger partial charge >= 0.3 is 0 Å². The Balaban J connectivity index is 1.21. The average Bonchev–Trinajstić information content (AvgIpc) is 3.44. The summed E-state index contributed by atoms with van der Waals surface area (Å²) in [4.78, 5) is 29.1. The van der Waals surface area contributed by atoms with Crippen molar-refractivity contribution in [1.29, 1.82) is 0 Å². The number of amides is 2. The number of hydrogen-bond donors (Lipinski definition) is 1. The first-order valence-electron chi connectivity index (χ1n) is 10.8. The van der Waals surface area contributed by atoms with Crippen molar-refractivity contribution in [1.82, 2.24) is 20.0 Å². The summed E-state index contributed by atoms with van der Waals surface area (Å²) in [5.41, 5.74) is 3.45. The van der Waals surface area contributed by atoms with Crippen molar-refractivity contribution in [2.45, 2.75) is 19.8 Å². The number of nitrogens with one attached hydrogen (secondary N) is 1. The van der Waals surface area contributed by atoms with E-state index in [2.05, 4.69) is 10.2 Å². The fourth-order valence-corrected chi connectivity index (χ4v) is 4.10. The van der Waals surface area contributed by atoms with E-state index in [0.29, 0.717) is 31.7 Å². The van der Waals surface area contributed by atoms with Crippen molar-refractivity contribution >= 4 is 34.9 Å². The van der Waals surface area contributed by atoms with Crippen LogP contribution in [-0.2, 0) is 4.79 Å². The summed E-state index contributed by atoms with van der Waals surface area (Å²) in [7, 11) is 0. The van der Waals surface area contributed by atoms with Crippen LogP contribution in [0.3, 0.4) is 0 Å². The van der Waals surface area contributed by atoms with Gasteiger partial charge in [0.05, 0.1) is 11.2 Å². The molecule has 0 unspecified atom stereocenters. The molecule has 0 radical (unpaired) electrons. The van der Waals surface area contributed by atoms with E-state index >= 15 is 0 Å². The molecule has 0 spiro atoms. The fraction of sp³-hybridized carbons (Fsp3) is 0.320. The van der Waals surface area contributed by atoms with Gasteiger partial charge in [0.2, 0.25) is 5.91 Å². The highest BCUT2D eigenvalue weighted by atomic mass is 16.2. The lowest BCUT2D eigenvalue weighted by Crippen LogP contribution is -2.52. The van der Waals surface area contributed by atoms with Crippen LogP contribution in [-0.4, -0.2) is 58.0 Å². The van der Waals surface area contributed by atoms with Crippen LogP contribution >= 0.6 is 0 Å². The number of benzene rings is 2. The molecular weight excluding hydrogens is 388 g/mol. The summed E-state index contributed by atoms with van der Waals surface area (Å²) in [6, 6.07) is 15.7. The maximum Gasteiger partial charge on any atom is 0.253 e. The quantitative estimate of drug-likeness (QED) is 0.706. The van der Waals surface area contributed by atoms with E-state index in [-0.39, 0.29) is 17.2 Å². The van der Waals surface area contributed by atoms with Gasteiger partial charge in [-0.05, 0) is 42.7 Å². The van der Waals surface area contributed by atoms with Crippen molar-refractivity contribution < 1.29 is 9.59 Å². The average molecular weight is 415 g/mol. The second kappa shape index (κ2) is 7.69. The Hall–Kier alpha value is -3.41. The number of para-hydroxylation sites is 1. The first-order valence-corrected chi connectivity index (χ1v) is 10.8. The zero-order chi connectivity index (χ0) is 21.4. The highest BCUT2D eigenvalue weighted by molar-refractivity contribution is 5.95. The Morgan fingerprint density at radius 2 is 1.61 bits per heavy atom. The number of fused-ring (bicyclic) bond motifs is 1. The Kier molecular flexibility index (Phi) is 4.85. The number of carbonyl (C=O) groups excluding carboxylic acids is 2. The van der Waals surface area contributed by atoms with Crippen LogP contribution in [0.1, 0.15) is 41.4 Å². The molecular formula is C25H26N4O2. The van der Waals surface area contributed by atoms with Crippen LogP contribution in [0.4, 0.5) is 0 Å². The summed E-state index contributed by atoms with van der Waals surface area (Å²) < 4.78 is 0. The lowest BCUT2D eigenvalue weighted by Gasteiger charge is -2.36. The molecule has 6 nitrogen and oxygen atoms in total. The highest BCUT2D eigenvalue weighted by Gasteiger charge is 2.47. The molecule has 1 N–H and O–H groups in total. The van der Waals surface area contributed by atoms with Crippen LogP contribution < -0.4 is 0 Å². The van der Waals surface area contributed by atoms with Crippen molar-refractivity contribution in [3.63, 3.8) is 0 Å². The minimum atomic E-state index is -0.141. The van der Waals surface area contributed by atoms with Crippen molar-refractivity contribution in [3.05, 3.63) is 65.4 Å². The van der Waals surface area contributed by atoms with Gasteiger partial charge in [0, 0.05) is 42.5 Å². The number of piperazine rings is 1. The maximum atomic E-state index is 12.9. The van der Waals surface area contributed by atoms with E-state index in [1.165, 1.54) is 0 Å². The van der Waals surface area contributed by atoms with Gasteiger partial charge in [0.25, 0.3) is 5.91 Å². The normalized spacial score (nSPS) is 18.0. The third kappa shape index (κ3) is 3.85. The topological polar surface area (TPSA) is 69.3 Å². The fourth-order valence-electron chi connectivity index (χ4n) is 4.10. The number of nitrogens with zero attached hydrogens (tertiary/aromatic N) is 3. The van der Waals surface area contributed by atoms with Crippen LogP contribution in [0.25, 0.3) is 23.1 Å². The van der Waals surface area contributed by atoms with Crippen LogP contribution in [0.2, 0.25) is 0 Å². The Morgan fingerprint density at radius 1 is 0.935 bits per heavy atom. The van der Waals surface area contributed by atoms with Gasteiger partial charge in [0.1, 0.15) is 0 Å².